The molecule has 3 nitrogen and oxygen atoms in total. The van der Waals surface area contributed by atoms with Gasteiger partial charge in [-0.25, -0.2) is 9.00 Å². The predicted octanol–water partition coefficient (Wildman–Crippen LogP) is 2.93. The van der Waals surface area contributed by atoms with E-state index in [4.69, 9.17) is 5.11 Å². The summed E-state index contributed by atoms with van der Waals surface area (Å²) in [5.74, 6) is -1.01. The Bertz CT molecular complexity index is 732. The Kier molecular flexibility index (Phi) is 2.80. The lowest BCUT2D eigenvalue weighted by Crippen LogP contribution is -1.91. The van der Waals surface area contributed by atoms with Crippen molar-refractivity contribution < 1.29 is 14.1 Å². The normalized spacial score (nSPS) is 16.3. The van der Waals surface area contributed by atoms with Gasteiger partial charge in [-0.3, -0.25) is 0 Å². The van der Waals surface area contributed by atoms with Crippen LogP contribution in [0.25, 0.3) is 17.2 Å². The van der Waals surface area contributed by atoms with Crippen molar-refractivity contribution in [2.75, 3.05) is 0 Å². The molecule has 0 bridgehead atoms. The van der Waals surface area contributed by atoms with Crippen LogP contribution in [0.5, 0.6) is 0 Å². The fourth-order valence-corrected chi connectivity index (χ4v) is 3.75. The minimum absolute atomic E-state index is 0.689. The van der Waals surface area contributed by atoms with Crippen LogP contribution in [0.15, 0.2) is 58.3 Å². The van der Waals surface area contributed by atoms with Crippen LogP contribution >= 0.6 is 0 Å². The maximum absolute atomic E-state index is 12.5. The molecule has 94 valence electrons. The summed E-state index contributed by atoms with van der Waals surface area (Å²) in [5.41, 5.74) is 2.57. The lowest BCUT2D eigenvalue weighted by atomic mass is 10.0. The van der Waals surface area contributed by atoms with Crippen LogP contribution in [0.1, 0.15) is 5.56 Å². The molecule has 0 saturated heterocycles. The van der Waals surface area contributed by atoms with Crippen molar-refractivity contribution in [3.05, 3.63) is 54.1 Å². The smallest absolute Gasteiger partial charge is 0.328 e. The first-order chi connectivity index (χ1) is 9.18. The third kappa shape index (κ3) is 1.90. The number of carbonyl (C=O) groups is 1. The van der Waals surface area contributed by atoms with E-state index in [0.29, 0.717) is 10.5 Å². The van der Waals surface area contributed by atoms with Crippen molar-refractivity contribution in [2.45, 2.75) is 9.79 Å². The molecule has 0 radical (unpaired) electrons. The van der Waals surface area contributed by atoms with Crippen molar-refractivity contribution in [1.82, 2.24) is 0 Å². The summed E-state index contributed by atoms with van der Waals surface area (Å²) in [6.07, 6.45) is 2.56. The SMILES string of the molecule is O=C(O)/C=C/c1cccc2c1S(=O)c1ccccc1-2. The van der Waals surface area contributed by atoms with Gasteiger partial charge in [-0.15, -0.1) is 0 Å². The molecule has 3 rings (SSSR count). The summed E-state index contributed by atoms with van der Waals surface area (Å²) in [7, 11) is -1.24. The summed E-state index contributed by atoms with van der Waals surface area (Å²) in [6, 6.07) is 13.1. The second kappa shape index (κ2) is 4.48. The van der Waals surface area contributed by atoms with Crippen LogP contribution in [-0.4, -0.2) is 15.3 Å². The summed E-state index contributed by atoms with van der Waals surface area (Å²) in [4.78, 5) is 12.1. The van der Waals surface area contributed by atoms with Gasteiger partial charge in [-0.1, -0.05) is 36.4 Å². The molecule has 0 aliphatic carbocycles. The number of carboxylic acids is 1. The van der Waals surface area contributed by atoms with Crippen LogP contribution in [0.4, 0.5) is 0 Å². The van der Waals surface area contributed by atoms with Crippen LogP contribution in [0.3, 0.4) is 0 Å². The molecule has 1 N–H and O–H groups in total. The molecule has 19 heavy (non-hydrogen) atoms. The van der Waals surface area contributed by atoms with Crippen LogP contribution in [0, 0.1) is 0 Å². The van der Waals surface area contributed by atoms with Gasteiger partial charge in [0.1, 0.15) is 0 Å². The standard InChI is InChI=1S/C15H10O3S/c16-14(17)9-8-10-4-3-6-12-11-5-1-2-7-13(11)19(18)15(10)12/h1-9H,(H,16,17)/b9-8+. The molecule has 0 fully saturated rings. The molecule has 0 spiro atoms. The molecule has 0 saturated carbocycles. The number of fused-ring (bicyclic) bond motifs is 3. The summed E-state index contributed by atoms with van der Waals surface area (Å²) >= 11 is 0. The molecule has 1 atom stereocenters. The second-order valence-corrected chi connectivity index (χ2v) is 5.55. The van der Waals surface area contributed by atoms with Gasteiger partial charge in [0.25, 0.3) is 0 Å². The number of hydrogen-bond donors (Lipinski definition) is 1. The van der Waals surface area contributed by atoms with E-state index in [0.717, 1.165) is 22.1 Å². The predicted molar refractivity (Wildman–Crippen MR) is 73.2 cm³/mol. The molecular formula is C15H10O3S. The van der Waals surface area contributed by atoms with Crippen LogP contribution in [-0.2, 0) is 15.6 Å². The van der Waals surface area contributed by atoms with E-state index in [1.165, 1.54) is 6.08 Å². The minimum Gasteiger partial charge on any atom is -0.478 e. The van der Waals surface area contributed by atoms with Crippen LogP contribution in [0.2, 0.25) is 0 Å². The molecule has 1 heterocycles. The van der Waals surface area contributed by atoms with Gasteiger partial charge in [0.2, 0.25) is 0 Å². The summed E-state index contributed by atoms with van der Waals surface area (Å²) in [5, 5.41) is 8.70. The molecule has 1 aliphatic rings. The fourth-order valence-electron chi connectivity index (χ4n) is 2.23. The van der Waals surface area contributed by atoms with Gasteiger partial charge in [-0.2, -0.15) is 0 Å². The molecule has 2 aromatic rings. The lowest BCUT2D eigenvalue weighted by Gasteiger charge is -2.02. The summed E-state index contributed by atoms with van der Waals surface area (Å²) < 4.78 is 12.5. The molecule has 1 aliphatic heterocycles. The van der Waals surface area contributed by atoms with E-state index in [1.807, 2.05) is 36.4 Å². The van der Waals surface area contributed by atoms with Crippen molar-refractivity contribution in [3.8, 4) is 11.1 Å². The van der Waals surface area contributed by atoms with E-state index < -0.39 is 16.8 Å². The minimum atomic E-state index is -1.24. The van der Waals surface area contributed by atoms with E-state index in [-0.39, 0.29) is 0 Å². The number of rotatable bonds is 2. The Balaban J connectivity index is 2.21. The average Bonchev–Trinajstić information content (AvgIpc) is 2.71. The molecule has 4 heteroatoms. The summed E-state index contributed by atoms with van der Waals surface area (Å²) in [6.45, 7) is 0. The molecule has 0 amide bonds. The third-order valence-corrected chi connectivity index (χ3v) is 4.60. The van der Waals surface area contributed by atoms with Crippen molar-refractivity contribution in [1.29, 1.82) is 0 Å². The Hall–Kier alpha value is -2.20. The maximum Gasteiger partial charge on any atom is 0.328 e. The Morgan fingerprint density at radius 2 is 1.79 bits per heavy atom. The highest BCUT2D eigenvalue weighted by Gasteiger charge is 2.26. The zero-order valence-corrected chi connectivity index (χ0v) is 10.7. The Morgan fingerprint density at radius 1 is 1.05 bits per heavy atom. The van der Waals surface area contributed by atoms with E-state index in [1.54, 1.807) is 6.07 Å². The maximum atomic E-state index is 12.5. The number of hydrogen-bond acceptors (Lipinski definition) is 2. The van der Waals surface area contributed by atoms with Gasteiger partial charge >= 0.3 is 5.97 Å². The molecule has 2 aromatic carbocycles. The monoisotopic (exact) mass is 270 g/mol. The highest BCUT2D eigenvalue weighted by Crippen LogP contribution is 2.42. The Labute approximate surface area is 112 Å². The van der Waals surface area contributed by atoms with Gasteiger partial charge < -0.3 is 5.11 Å². The highest BCUT2D eigenvalue weighted by molar-refractivity contribution is 7.85. The zero-order chi connectivity index (χ0) is 13.4. The first-order valence-corrected chi connectivity index (χ1v) is 6.88. The fraction of sp³-hybridized carbons (Fsp3) is 0. The van der Waals surface area contributed by atoms with E-state index >= 15 is 0 Å². The van der Waals surface area contributed by atoms with Crippen molar-refractivity contribution in [3.63, 3.8) is 0 Å². The van der Waals surface area contributed by atoms with Gasteiger partial charge in [-0.05, 0) is 28.8 Å². The van der Waals surface area contributed by atoms with Crippen molar-refractivity contribution in [2.24, 2.45) is 0 Å². The second-order valence-electron chi connectivity index (χ2n) is 4.16. The van der Waals surface area contributed by atoms with E-state index in [2.05, 4.69) is 0 Å². The zero-order valence-electron chi connectivity index (χ0n) is 9.87. The molecule has 0 aromatic heterocycles. The lowest BCUT2D eigenvalue weighted by molar-refractivity contribution is -0.131. The first kappa shape index (κ1) is 11.9. The average molecular weight is 270 g/mol. The largest absolute Gasteiger partial charge is 0.478 e. The molecule has 1 unspecified atom stereocenters. The van der Waals surface area contributed by atoms with Gasteiger partial charge in [0.05, 0.1) is 20.6 Å². The van der Waals surface area contributed by atoms with Gasteiger partial charge in [0, 0.05) is 6.08 Å². The highest BCUT2D eigenvalue weighted by atomic mass is 32.2. The first-order valence-electron chi connectivity index (χ1n) is 5.73. The topological polar surface area (TPSA) is 54.4 Å². The van der Waals surface area contributed by atoms with Gasteiger partial charge in [0.15, 0.2) is 0 Å². The third-order valence-electron chi connectivity index (χ3n) is 3.01. The quantitative estimate of drug-likeness (QED) is 0.728. The Morgan fingerprint density at radius 3 is 2.58 bits per heavy atom. The van der Waals surface area contributed by atoms with E-state index in [9.17, 15) is 9.00 Å². The number of aliphatic carboxylic acids is 1. The van der Waals surface area contributed by atoms with Crippen LogP contribution < -0.4 is 0 Å². The molecular weight excluding hydrogens is 260 g/mol. The van der Waals surface area contributed by atoms with Crippen molar-refractivity contribution >= 4 is 22.8 Å². The number of carboxylic acid groups (broad SMARTS) is 1. The number of benzene rings is 2.